The summed E-state index contributed by atoms with van der Waals surface area (Å²) in [5, 5.41) is 0.975. The topological polar surface area (TPSA) is 65.5 Å². The fourth-order valence-corrected chi connectivity index (χ4v) is 3.34. The molecule has 5 nitrogen and oxygen atoms in total. The molecule has 5 heteroatoms. The molecule has 0 bridgehead atoms. The predicted octanol–water partition coefficient (Wildman–Crippen LogP) is 5.95. The Bertz CT molecular complexity index is 1210. The number of rotatable bonds is 6. The number of fused-ring (bicyclic) bond motifs is 1. The number of benzene rings is 2. The van der Waals surface area contributed by atoms with Crippen LogP contribution in [0.15, 0.2) is 69.5 Å². The Hall–Kier alpha value is -3.60. The molecule has 0 aliphatic heterocycles. The molecular formula is C25H23NO4. The maximum atomic E-state index is 11.7. The van der Waals surface area contributed by atoms with Gasteiger partial charge in [0.05, 0.1) is 18.7 Å². The lowest BCUT2D eigenvalue weighted by Crippen LogP contribution is -2.00. The van der Waals surface area contributed by atoms with Gasteiger partial charge >= 0.3 is 5.97 Å². The molecule has 30 heavy (non-hydrogen) atoms. The summed E-state index contributed by atoms with van der Waals surface area (Å²) in [7, 11) is 0. The number of oxazole rings is 1. The molecule has 0 N–H and O–H groups in total. The number of hydrogen-bond acceptors (Lipinski definition) is 5. The van der Waals surface area contributed by atoms with Gasteiger partial charge in [-0.25, -0.2) is 9.78 Å². The second-order valence-electron chi connectivity index (χ2n) is 7.11. The largest absolute Gasteiger partial charge is 0.463 e. The van der Waals surface area contributed by atoms with Gasteiger partial charge in [-0.15, -0.1) is 0 Å². The van der Waals surface area contributed by atoms with Crippen molar-refractivity contribution in [3.63, 3.8) is 0 Å². The summed E-state index contributed by atoms with van der Waals surface area (Å²) < 4.78 is 16.8. The summed E-state index contributed by atoms with van der Waals surface area (Å²) in [5.74, 6) is 1.87. The lowest BCUT2D eigenvalue weighted by molar-refractivity contribution is -0.137. The number of hydrogen-bond donors (Lipinski definition) is 0. The van der Waals surface area contributed by atoms with E-state index in [0.29, 0.717) is 18.9 Å². The second kappa shape index (κ2) is 8.41. The summed E-state index contributed by atoms with van der Waals surface area (Å²) in [6.45, 7) is 5.96. The van der Waals surface area contributed by atoms with Gasteiger partial charge in [-0.05, 0) is 62.2 Å². The van der Waals surface area contributed by atoms with Crippen molar-refractivity contribution in [3.05, 3.63) is 83.5 Å². The van der Waals surface area contributed by atoms with Gasteiger partial charge in [-0.2, -0.15) is 0 Å². The van der Waals surface area contributed by atoms with Crippen molar-refractivity contribution >= 4 is 22.5 Å². The Morgan fingerprint density at radius 1 is 1.10 bits per heavy atom. The number of furan rings is 1. The van der Waals surface area contributed by atoms with Crippen molar-refractivity contribution in [2.24, 2.45) is 0 Å². The van der Waals surface area contributed by atoms with E-state index in [1.807, 2.05) is 68.4 Å². The van der Waals surface area contributed by atoms with Crippen LogP contribution in [0.3, 0.4) is 0 Å². The maximum absolute atomic E-state index is 11.7. The van der Waals surface area contributed by atoms with Crippen molar-refractivity contribution in [2.45, 2.75) is 27.2 Å². The summed E-state index contributed by atoms with van der Waals surface area (Å²) in [5.41, 5.74) is 4.39. The van der Waals surface area contributed by atoms with Crippen molar-refractivity contribution in [2.75, 3.05) is 6.61 Å². The number of aryl methyl sites for hydroxylation is 1. The van der Waals surface area contributed by atoms with Gasteiger partial charge in [0.2, 0.25) is 5.89 Å². The third kappa shape index (κ3) is 4.20. The highest BCUT2D eigenvalue weighted by Crippen LogP contribution is 2.27. The number of carbonyl (C=O) groups is 1. The molecule has 2 aromatic carbocycles. The monoisotopic (exact) mass is 401 g/mol. The summed E-state index contributed by atoms with van der Waals surface area (Å²) in [4.78, 5) is 16.4. The first-order chi connectivity index (χ1) is 14.5. The first-order valence-electron chi connectivity index (χ1n) is 9.93. The Morgan fingerprint density at radius 3 is 2.67 bits per heavy atom. The van der Waals surface area contributed by atoms with Crippen LogP contribution < -0.4 is 0 Å². The zero-order valence-electron chi connectivity index (χ0n) is 17.3. The van der Waals surface area contributed by atoms with Crippen LogP contribution in [0.5, 0.6) is 0 Å². The zero-order chi connectivity index (χ0) is 21.1. The number of ether oxygens (including phenoxy) is 1. The average Bonchev–Trinajstić information content (AvgIpc) is 3.31. The van der Waals surface area contributed by atoms with Gasteiger partial charge in [0.15, 0.2) is 0 Å². The fourth-order valence-electron chi connectivity index (χ4n) is 3.34. The van der Waals surface area contributed by atoms with E-state index >= 15 is 0 Å². The Labute approximate surface area is 175 Å². The predicted molar refractivity (Wildman–Crippen MR) is 116 cm³/mol. The first-order valence-corrected chi connectivity index (χ1v) is 9.93. The molecule has 152 valence electrons. The molecule has 4 aromatic rings. The minimum Gasteiger partial charge on any atom is -0.463 e. The van der Waals surface area contributed by atoms with Crippen molar-refractivity contribution in [1.82, 2.24) is 4.98 Å². The Morgan fingerprint density at radius 2 is 1.90 bits per heavy atom. The SMILES string of the molecule is CCOC(=O)/C=C(/C)c1ccc2oc(Cc3nc(-c4ccccc4)oc3C)cc2c1. The van der Waals surface area contributed by atoms with Crippen LogP contribution in [0.1, 0.15) is 36.6 Å². The Balaban J connectivity index is 1.58. The van der Waals surface area contributed by atoms with E-state index in [1.54, 1.807) is 6.92 Å². The average molecular weight is 401 g/mol. The van der Waals surface area contributed by atoms with Crippen molar-refractivity contribution in [3.8, 4) is 11.5 Å². The third-order valence-corrected chi connectivity index (χ3v) is 4.90. The summed E-state index contributed by atoms with van der Waals surface area (Å²) >= 11 is 0. The molecule has 0 fully saturated rings. The number of aromatic nitrogens is 1. The number of allylic oxidation sites excluding steroid dienone is 1. The molecule has 0 saturated carbocycles. The zero-order valence-corrected chi connectivity index (χ0v) is 17.3. The fraction of sp³-hybridized carbons (Fsp3) is 0.200. The van der Waals surface area contributed by atoms with Crippen LogP contribution >= 0.6 is 0 Å². The molecule has 4 rings (SSSR count). The lowest BCUT2D eigenvalue weighted by atomic mass is 10.1. The van der Waals surface area contributed by atoms with E-state index in [4.69, 9.17) is 13.6 Å². The van der Waals surface area contributed by atoms with Crippen LogP contribution in [0, 0.1) is 6.92 Å². The first kappa shape index (κ1) is 19.7. The maximum Gasteiger partial charge on any atom is 0.331 e. The highest BCUT2D eigenvalue weighted by molar-refractivity contribution is 5.92. The minimum atomic E-state index is -0.335. The quantitative estimate of drug-likeness (QED) is 0.295. The molecule has 0 spiro atoms. The smallest absolute Gasteiger partial charge is 0.331 e. The van der Waals surface area contributed by atoms with Gasteiger partial charge in [-0.3, -0.25) is 0 Å². The molecule has 0 aliphatic carbocycles. The molecule has 0 atom stereocenters. The van der Waals surface area contributed by atoms with Crippen LogP contribution in [0.2, 0.25) is 0 Å². The van der Waals surface area contributed by atoms with Crippen LogP contribution in [0.25, 0.3) is 28.0 Å². The molecule has 2 aromatic heterocycles. The van der Waals surface area contributed by atoms with Crippen LogP contribution in [-0.2, 0) is 16.0 Å². The number of esters is 1. The molecule has 0 unspecified atom stereocenters. The van der Waals surface area contributed by atoms with E-state index in [1.165, 1.54) is 6.08 Å². The molecule has 0 amide bonds. The van der Waals surface area contributed by atoms with Gasteiger partial charge in [0, 0.05) is 17.0 Å². The highest BCUT2D eigenvalue weighted by atomic mass is 16.5. The molecule has 0 aliphatic rings. The van der Waals surface area contributed by atoms with Crippen molar-refractivity contribution < 1.29 is 18.4 Å². The molecular weight excluding hydrogens is 378 g/mol. The molecule has 0 radical (unpaired) electrons. The van der Waals surface area contributed by atoms with Crippen molar-refractivity contribution in [1.29, 1.82) is 0 Å². The van der Waals surface area contributed by atoms with Crippen LogP contribution in [0.4, 0.5) is 0 Å². The minimum absolute atomic E-state index is 0.335. The van der Waals surface area contributed by atoms with Crippen LogP contribution in [-0.4, -0.2) is 17.6 Å². The number of carbonyl (C=O) groups excluding carboxylic acids is 1. The van der Waals surface area contributed by atoms with Gasteiger partial charge in [-0.1, -0.05) is 24.3 Å². The highest BCUT2D eigenvalue weighted by Gasteiger charge is 2.14. The lowest BCUT2D eigenvalue weighted by Gasteiger charge is -2.02. The molecule has 0 saturated heterocycles. The van der Waals surface area contributed by atoms with E-state index < -0.39 is 0 Å². The van der Waals surface area contributed by atoms with E-state index in [-0.39, 0.29) is 5.97 Å². The van der Waals surface area contributed by atoms with E-state index in [0.717, 1.165) is 44.9 Å². The second-order valence-corrected chi connectivity index (χ2v) is 7.11. The third-order valence-electron chi connectivity index (χ3n) is 4.90. The standard InChI is InChI=1S/C25H23NO4/c1-4-28-24(27)12-16(2)19-10-11-23-20(13-19)14-21(30-23)15-22-17(3)29-25(26-22)18-8-6-5-7-9-18/h5-14H,4,15H2,1-3H3/b16-12-. The Kier molecular flexibility index (Phi) is 5.53. The normalized spacial score (nSPS) is 11.8. The van der Waals surface area contributed by atoms with Gasteiger partial charge in [0.1, 0.15) is 17.1 Å². The number of nitrogens with zero attached hydrogens (tertiary/aromatic N) is 1. The summed E-state index contributed by atoms with van der Waals surface area (Å²) in [6, 6.07) is 17.7. The summed E-state index contributed by atoms with van der Waals surface area (Å²) in [6.07, 6.45) is 2.05. The van der Waals surface area contributed by atoms with Gasteiger partial charge < -0.3 is 13.6 Å². The van der Waals surface area contributed by atoms with E-state index in [9.17, 15) is 4.79 Å². The molecule has 2 heterocycles. The van der Waals surface area contributed by atoms with E-state index in [2.05, 4.69) is 4.98 Å². The van der Waals surface area contributed by atoms with Gasteiger partial charge in [0.25, 0.3) is 0 Å².